The van der Waals surface area contributed by atoms with E-state index in [2.05, 4.69) is 40.4 Å². The van der Waals surface area contributed by atoms with Crippen LogP contribution in [0.1, 0.15) is 39.5 Å². The molecular formula is C10H15Cl2Ti. The van der Waals surface area contributed by atoms with Gasteiger partial charge in [-0.2, -0.15) is 0 Å². The van der Waals surface area contributed by atoms with Crippen LogP contribution in [0.25, 0.3) is 0 Å². The molecule has 0 saturated carbocycles. The van der Waals surface area contributed by atoms with Gasteiger partial charge in [0.15, 0.2) is 0 Å². The third-order valence-electron chi connectivity index (χ3n) is 2.23. The second-order valence-corrected chi connectivity index (χ2v) is 4.03. The predicted molar refractivity (Wildman–Crippen MR) is 44.9 cm³/mol. The van der Waals surface area contributed by atoms with E-state index in [9.17, 15) is 0 Å². The molecule has 0 atom stereocenters. The van der Waals surface area contributed by atoms with Crippen LogP contribution in [0.15, 0.2) is 21.1 Å². The smallest absolute Gasteiger partial charge is 1.00 e. The Morgan fingerprint density at radius 3 is 2.38 bits per heavy atom. The molecule has 1 rings (SSSR count). The molecule has 0 bridgehead atoms. The van der Waals surface area contributed by atoms with Gasteiger partial charge in [-0.15, -0.1) is 0 Å². The molecule has 0 amide bonds. The number of hydrogen-bond donors (Lipinski definition) is 0. The van der Waals surface area contributed by atoms with Crippen LogP contribution in [-0.2, 0) is 20.4 Å². The molecule has 0 aromatic heterocycles. The van der Waals surface area contributed by atoms with Crippen LogP contribution in [0, 0.1) is 0 Å². The molecule has 0 aliphatic heterocycles. The minimum absolute atomic E-state index is 0. The van der Waals surface area contributed by atoms with E-state index in [1.165, 1.54) is 29.6 Å². The van der Waals surface area contributed by atoms with Gasteiger partial charge in [0.05, 0.1) is 0 Å². The standard InChI is InChI=1S/C10H15.2ClH.Ti/c1-3-4-7-10-8-5-6-9(10)2;;;/h5H,3-4,6-7H2,1-2H3;2*1H;/q;;;+2/p-2. The summed E-state index contributed by atoms with van der Waals surface area (Å²) >= 11 is 2.24. The van der Waals surface area contributed by atoms with Crippen molar-refractivity contribution in [1.29, 1.82) is 0 Å². The third kappa shape index (κ3) is 4.69. The van der Waals surface area contributed by atoms with Gasteiger partial charge in [-0.05, 0) is 0 Å². The molecule has 1 aliphatic carbocycles. The van der Waals surface area contributed by atoms with E-state index < -0.39 is 0 Å². The van der Waals surface area contributed by atoms with Gasteiger partial charge < -0.3 is 24.8 Å². The van der Waals surface area contributed by atoms with Gasteiger partial charge in [0.1, 0.15) is 0 Å². The van der Waals surface area contributed by atoms with Crippen LogP contribution < -0.4 is 24.8 Å². The van der Waals surface area contributed by atoms with E-state index in [4.69, 9.17) is 0 Å². The SMILES string of the molecule is CCCCC1=C(C)CC=[C]1[Ti+2].[Cl-].[Cl-]. The minimum Gasteiger partial charge on any atom is -1.00 e. The quantitative estimate of drug-likeness (QED) is 0.482. The number of unbranched alkanes of at least 4 members (excludes halogenated alkanes) is 1. The van der Waals surface area contributed by atoms with Crippen LogP contribution >= 0.6 is 0 Å². The van der Waals surface area contributed by atoms with Gasteiger partial charge in [0.25, 0.3) is 0 Å². The summed E-state index contributed by atoms with van der Waals surface area (Å²) in [5.74, 6) is 0. The normalized spacial score (nSPS) is 14.9. The fraction of sp³-hybridized carbons (Fsp3) is 0.600. The summed E-state index contributed by atoms with van der Waals surface area (Å²) in [4.78, 5) is 0. The van der Waals surface area contributed by atoms with Crippen molar-refractivity contribution >= 4 is 0 Å². The molecular weight excluding hydrogens is 239 g/mol. The van der Waals surface area contributed by atoms with Crippen LogP contribution in [-0.4, -0.2) is 0 Å². The van der Waals surface area contributed by atoms with E-state index in [-0.39, 0.29) is 24.8 Å². The Labute approximate surface area is 105 Å². The summed E-state index contributed by atoms with van der Waals surface area (Å²) < 4.78 is 1.52. The van der Waals surface area contributed by atoms with Gasteiger partial charge in [0.2, 0.25) is 0 Å². The van der Waals surface area contributed by atoms with Crippen molar-refractivity contribution in [3.05, 3.63) is 21.1 Å². The number of rotatable bonds is 3. The largest absolute Gasteiger partial charge is 1.00 e. The number of hydrogen-bond acceptors (Lipinski definition) is 0. The number of halogens is 2. The van der Waals surface area contributed by atoms with Gasteiger partial charge in [-0.3, -0.25) is 0 Å². The summed E-state index contributed by atoms with van der Waals surface area (Å²) in [6, 6.07) is 0. The Balaban J connectivity index is 0. The van der Waals surface area contributed by atoms with E-state index >= 15 is 0 Å². The Kier molecular flexibility index (Phi) is 10.1. The Morgan fingerprint density at radius 1 is 1.38 bits per heavy atom. The maximum atomic E-state index is 2.35. The fourth-order valence-electron chi connectivity index (χ4n) is 1.43. The van der Waals surface area contributed by atoms with Crippen molar-refractivity contribution in [2.24, 2.45) is 0 Å². The first-order chi connectivity index (χ1) is 5.25. The molecule has 0 N–H and O–H groups in total. The van der Waals surface area contributed by atoms with E-state index in [0.717, 1.165) is 0 Å². The van der Waals surface area contributed by atoms with Crippen molar-refractivity contribution in [3.63, 3.8) is 0 Å². The first kappa shape index (κ1) is 16.2. The Hall–Kier alpha value is 0.774. The zero-order valence-corrected chi connectivity index (χ0v) is 11.2. The molecule has 73 valence electrons. The molecule has 0 radical (unpaired) electrons. The summed E-state index contributed by atoms with van der Waals surface area (Å²) in [5.41, 5.74) is 3.22. The van der Waals surface area contributed by atoms with E-state index in [1.54, 1.807) is 11.1 Å². The topological polar surface area (TPSA) is 0 Å². The fourth-order valence-corrected chi connectivity index (χ4v) is 2.12. The van der Waals surface area contributed by atoms with Gasteiger partial charge in [-0.25, -0.2) is 0 Å². The maximum Gasteiger partial charge on any atom is -1.00 e. The first-order valence-electron chi connectivity index (χ1n) is 4.36. The van der Waals surface area contributed by atoms with Crippen LogP contribution in [0.4, 0.5) is 0 Å². The molecule has 13 heavy (non-hydrogen) atoms. The predicted octanol–water partition coefficient (Wildman–Crippen LogP) is -2.66. The molecule has 0 unspecified atom stereocenters. The molecule has 3 heteroatoms. The summed E-state index contributed by atoms with van der Waals surface area (Å²) in [5, 5.41) is 0. The minimum atomic E-state index is 0. The van der Waals surface area contributed by atoms with Crippen molar-refractivity contribution in [2.75, 3.05) is 0 Å². The summed E-state index contributed by atoms with van der Waals surface area (Å²) in [6.45, 7) is 4.52. The molecule has 0 aromatic rings. The monoisotopic (exact) mass is 253 g/mol. The zero-order chi connectivity index (χ0) is 8.27. The maximum absolute atomic E-state index is 2.35. The van der Waals surface area contributed by atoms with E-state index in [1.807, 2.05) is 0 Å². The first-order valence-corrected chi connectivity index (χ1v) is 5.14. The average molecular weight is 254 g/mol. The van der Waals surface area contributed by atoms with Crippen molar-refractivity contribution in [2.45, 2.75) is 39.5 Å². The number of allylic oxidation sites excluding steroid dienone is 4. The van der Waals surface area contributed by atoms with Crippen LogP contribution in [0.5, 0.6) is 0 Å². The van der Waals surface area contributed by atoms with Crippen LogP contribution in [0.3, 0.4) is 0 Å². The van der Waals surface area contributed by atoms with Crippen molar-refractivity contribution in [1.82, 2.24) is 0 Å². The van der Waals surface area contributed by atoms with Gasteiger partial charge >= 0.3 is 81.1 Å². The second kappa shape index (κ2) is 8.11. The average Bonchev–Trinajstić information content (AvgIpc) is 2.29. The van der Waals surface area contributed by atoms with Gasteiger partial charge in [-0.1, -0.05) is 0 Å². The molecule has 0 saturated heterocycles. The molecule has 0 aromatic carbocycles. The Morgan fingerprint density at radius 2 is 2.00 bits per heavy atom. The molecule has 1 aliphatic rings. The van der Waals surface area contributed by atoms with Crippen molar-refractivity contribution < 1.29 is 45.2 Å². The van der Waals surface area contributed by atoms with Crippen LogP contribution in [0.2, 0.25) is 0 Å². The third-order valence-corrected chi connectivity index (χ3v) is 3.02. The second-order valence-electron chi connectivity index (χ2n) is 3.18. The van der Waals surface area contributed by atoms with Crippen molar-refractivity contribution in [3.8, 4) is 0 Å². The molecule has 0 heterocycles. The van der Waals surface area contributed by atoms with E-state index in [0.29, 0.717) is 0 Å². The molecule has 0 nitrogen and oxygen atoms in total. The molecule has 0 fully saturated rings. The Bertz CT molecular complexity index is 207. The summed E-state index contributed by atoms with van der Waals surface area (Å²) in [7, 11) is 0. The van der Waals surface area contributed by atoms with Gasteiger partial charge in [0, 0.05) is 0 Å². The molecule has 0 spiro atoms. The zero-order valence-electron chi connectivity index (χ0n) is 8.16. The summed E-state index contributed by atoms with van der Waals surface area (Å²) in [6.07, 6.45) is 7.50.